The standard InChI is InChI=1S/C20H28N2O2/c1-16-5-6-18(17(2)11-16)12-20(7-9-22-10-8-21-15-22)23-13-19(3,4)14-24-20/h5-6,8,10-11,15H,7,9,12-14H2,1-4H3. The van der Waals surface area contributed by atoms with Crippen molar-refractivity contribution >= 4 is 0 Å². The van der Waals surface area contributed by atoms with Gasteiger partial charge in [0.25, 0.3) is 0 Å². The van der Waals surface area contributed by atoms with E-state index in [4.69, 9.17) is 9.47 Å². The van der Waals surface area contributed by atoms with Gasteiger partial charge in [0.15, 0.2) is 5.79 Å². The summed E-state index contributed by atoms with van der Waals surface area (Å²) >= 11 is 0. The minimum absolute atomic E-state index is 0.0703. The van der Waals surface area contributed by atoms with Crippen LogP contribution in [-0.4, -0.2) is 28.6 Å². The van der Waals surface area contributed by atoms with Crippen molar-refractivity contribution in [2.45, 2.75) is 52.9 Å². The molecule has 1 aromatic heterocycles. The molecule has 0 radical (unpaired) electrons. The molecule has 0 spiro atoms. The van der Waals surface area contributed by atoms with E-state index in [1.807, 2.05) is 18.7 Å². The molecule has 3 rings (SSSR count). The van der Waals surface area contributed by atoms with Crippen LogP contribution in [0.4, 0.5) is 0 Å². The Bertz CT molecular complexity index is 667. The molecule has 24 heavy (non-hydrogen) atoms. The summed E-state index contributed by atoms with van der Waals surface area (Å²) in [4.78, 5) is 4.12. The minimum Gasteiger partial charge on any atom is -0.349 e. The molecule has 1 aliphatic heterocycles. The quantitative estimate of drug-likeness (QED) is 0.835. The van der Waals surface area contributed by atoms with Crippen LogP contribution < -0.4 is 0 Å². The molecule has 130 valence electrons. The van der Waals surface area contributed by atoms with Crippen LogP contribution in [0.25, 0.3) is 0 Å². The van der Waals surface area contributed by atoms with E-state index in [2.05, 4.69) is 55.4 Å². The maximum Gasteiger partial charge on any atom is 0.174 e. The van der Waals surface area contributed by atoms with Crippen molar-refractivity contribution < 1.29 is 9.47 Å². The van der Waals surface area contributed by atoms with E-state index < -0.39 is 5.79 Å². The lowest BCUT2D eigenvalue weighted by molar-refractivity contribution is -0.301. The molecule has 0 unspecified atom stereocenters. The van der Waals surface area contributed by atoms with Crippen molar-refractivity contribution in [1.29, 1.82) is 0 Å². The van der Waals surface area contributed by atoms with Crippen LogP contribution in [0.3, 0.4) is 0 Å². The smallest absolute Gasteiger partial charge is 0.174 e. The molecule has 0 amide bonds. The number of benzene rings is 1. The van der Waals surface area contributed by atoms with Crippen molar-refractivity contribution in [3.63, 3.8) is 0 Å². The third-order valence-electron chi connectivity index (χ3n) is 4.72. The Hall–Kier alpha value is -1.65. The van der Waals surface area contributed by atoms with E-state index in [9.17, 15) is 0 Å². The first kappa shape index (κ1) is 17.2. The van der Waals surface area contributed by atoms with Crippen LogP contribution >= 0.6 is 0 Å². The summed E-state index contributed by atoms with van der Waals surface area (Å²) in [6.45, 7) is 10.9. The summed E-state index contributed by atoms with van der Waals surface area (Å²) in [5.74, 6) is -0.556. The lowest BCUT2D eigenvalue weighted by atomic mass is 9.91. The topological polar surface area (TPSA) is 36.3 Å². The molecule has 2 aromatic rings. The van der Waals surface area contributed by atoms with Gasteiger partial charge in [-0.05, 0) is 25.0 Å². The predicted octanol–water partition coefficient (Wildman–Crippen LogP) is 3.90. The molecule has 0 atom stereocenters. The fraction of sp³-hybridized carbons (Fsp3) is 0.550. The first-order chi connectivity index (χ1) is 11.4. The zero-order chi connectivity index (χ0) is 17.2. The first-order valence-electron chi connectivity index (χ1n) is 8.67. The number of ether oxygens (including phenoxy) is 2. The van der Waals surface area contributed by atoms with Gasteiger partial charge in [0, 0.05) is 37.2 Å². The lowest BCUT2D eigenvalue weighted by Crippen LogP contribution is -2.49. The minimum atomic E-state index is -0.556. The van der Waals surface area contributed by atoms with Gasteiger partial charge >= 0.3 is 0 Å². The number of nitrogens with zero attached hydrogens (tertiary/aromatic N) is 2. The van der Waals surface area contributed by atoms with Crippen molar-refractivity contribution in [2.24, 2.45) is 5.41 Å². The molecule has 4 nitrogen and oxygen atoms in total. The third kappa shape index (κ3) is 4.05. The van der Waals surface area contributed by atoms with Gasteiger partial charge in [-0.2, -0.15) is 0 Å². The first-order valence-corrected chi connectivity index (χ1v) is 8.67. The fourth-order valence-corrected chi connectivity index (χ4v) is 3.12. The number of imidazole rings is 1. The molecule has 0 N–H and O–H groups in total. The van der Waals surface area contributed by atoms with Crippen molar-refractivity contribution in [3.8, 4) is 0 Å². The van der Waals surface area contributed by atoms with E-state index in [0.717, 1.165) is 32.6 Å². The molecule has 4 heteroatoms. The zero-order valence-corrected chi connectivity index (χ0v) is 15.2. The highest BCUT2D eigenvalue weighted by Crippen LogP contribution is 2.35. The number of rotatable bonds is 5. The van der Waals surface area contributed by atoms with Gasteiger partial charge in [-0.25, -0.2) is 4.98 Å². The highest BCUT2D eigenvalue weighted by molar-refractivity contribution is 5.31. The van der Waals surface area contributed by atoms with Gasteiger partial charge in [-0.3, -0.25) is 0 Å². The Morgan fingerprint density at radius 1 is 1.17 bits per heavy atom. The molecule has 1 aromatic carbocycles. The molecule has 0 saturated carbocycles. The molecular weight excluding hydrogens is 300 g/mol. The largest absolute Gasteiger partial charge is 0.349 e. The second-order valence-electron chi connectivity index (χ2n) is 7.81. The van der Waals surface area contributed by atoms with Crippen molar-refractivity contribution in [3.05, 3.63) is 53.6 Å². The molecule has 1 fully saturated rings. The normalized spacial score (nSPS) is 19.3. The average Bonchev–Trinajstić information content (AvgIpc) is 3.05. The second kappa shape index (κ2) is 6.69. The Balaban J connectivity index is 1.78. The molecule has 0 aliphatic carbocycles. The summed E-state index contributed by atoms with van der Waals surface area (Å²) in [6, 6.07) is 6.60. The molecule has 2 heterocycles. The highest BCUT2D eigenvalue weighted by atomic mass is 16.7. The summed E-state index contributed by atoms with van der Waals surface area (Å²) in [6.07, 6.45) is 7.23. The van der Waals surface area contributed by atoms with Crippen molar-refractivity contribution in [1.82, 2.24) is 9.55 Å². The van der Waals surface area contributed by atoms with Crippen LogP contribution in [0.2, 0.25) is 0 Å². The number of hydrogen-bond acceptors (Lipinski definition) is 3. The molecule has 1 saturated heterocycles. The summed E-state index contributed by atoms with van der Waals surface area (Å²) in [5, 5.41) is 0. The Morgan fingerprint density at radius 2 is 1.92 bits per heavy atom. The van der Waals surface area contributed by atoms with Gasteiger partial charge in [0.2, 0.25) is 0 Å². The van der Waals surface area contributed by atoms with Crippen LogP contribution in [0.15, 0.2) is 36.9 Å². The van der Waals surface area contributed by atoms with Gasteiger partial charge < -0.3 is 14.0 Å². The SMILES string of the molecule is Cc1ccc(CC2(CCn3ccnc3)OCC(C)(C)CO2)c(C)c1. The summed E-state index contributed by atoms with van der Waals surface area (Å²) in [5.41, 5.74) is 3.95. The van der Waals surface area contributed by atoms with E-state index >= 15 is 0 Å². The molecular formula is C20H28N2O2. The summed E-state index contributed by atoms with van der Waals surface area (Å²) in [7, 11) is 0. The lowest BCUT2D eigenvalue weighted by Gasteiger charge is -2.44. The van der Waals surface area contributed by atoms with E-state index in [0.29, 0.717) is 0 Å². The predicted molar refractivity (Wildman–Crippen MR) is 94.9 cm³/mol. The zero-order valence-electron chi connectivity index (χ0n) is 15.2. The van der Waals surface area contributed by atoms with Gasteiger partial charge in [-0.1, -0.05) is 37.6 Å². The molecule has 0 bridgehead atoms. The monoisotopic (exact) mass is 328 g/mol. The third-order valence-corrected chi connectivity index (χ3v) is 4.72. The maximum absolute atomic E-state index is 6.31. The number of aryl methyl sites for hydroxylation is 3. The maximum atomic E-state index is 6.31. The van der Waals surface area contributed by atoms with Crippen molar-refractivity contribution in [2.75, 3.05) is 13.2 Å². The Morgan fingerprint density at radius 3 is 2.54 bits per heavy atom. The van der Waals surface area contributed by atoms with Crippen LogP contribution in [0, 0.1) is 19.3 Å². The van der Waals surface area contributed by atoms with Crippen LogP contribution in [0.1, 0.15) is 37.0 Å². The average molecular weight is 328 g/mol. The van der Waals surface area contributed by atoms with Crippen LogP contribution in [-0.2, 0) is 22.4 Å². The van der Waals surface area contributed by atoms with Crippen LogP contribution in [0.5, 0.6) is 0 Å². The van der Waals surface area contributed by atoms with Gasteiger partial charge in [0.1, 0.15) is 0 Å². The van der Waals surface area contributed by atoms with E-state index in [1.54, 1.807) is 0 Å². The second-order valence-corrected chi connectivity index (χ2v) is 7.81. The summed E-state index contributed by atoms with van der Waals surface area (Å²) < 4.78 is 14.7. The molecule has 1 aliphatic rings. The van der Waals surface area contributed by atoms with Gasteiger partial charge in [0.05, 0.1) is 19.5 Å². The fourth-order valence-electron chi connectivity index (χ4n) is 3.12. The Kier molecular flexibility index (Phi) is 4.79. The number of aromatic nitrogens is 2. The highest BCUT2D eigenvalue weighted by Gasteiger charge is 2.40. The van der Waals surface area contributed by atoms with E-state index in [1.165, 1.54) is 16.7 Å². The van der Waals surface area contributed by atoms with Gasteiger partial charge in [-0.15, -0.1) is 0 Å². The Labute approximate surface area is 144 Å². The van der Waals surface area contributed by atoms with E-state index in [-0.39, 0.29) is 5.41 Å². The number of hydrogen-bond donors (Lipinski definition) is 0.